The molecule has 0 amide bonds. The normalized spacial score (nSPS) is 10.8. The van der Waals surface area contributed by atoms with Crippen molar-refractivity contribution in [3.05, 3.63) is 47.8 Å². The zero-order chi connectivity index (χ0) is 12.8. The van der Waals surface area contributed by atoms with E-state index in [-0.39, 0.29) is 0 Å². The van der Waals surface area contributed by atoms with Gasteiger partial charge in [0, 0.05) is 37.7 Å². The summed E-state index contributed by atoms with van der Waals surface area (Å²) in [5, 5.41) is 7.79. The number of nitrogens with zero attached hydrogens (tertiary/aromatic N) is 2. The molecule has 2 rings (SSSR count). The van der Waals surface area contributed by atoms with Gasteiger partial charge in [-0.15, -0.1) is 11.8 Å². The lowest BCUT2D eigenvalue weighted by Crippen LogP contribution is -2.16. The van der Waals surface area contributed by atoms with Crippen LogP contribution in [0.2, 0.25) is 0 Å². The van der Waals surface area contributed by atoms with Crippen molar-refractivity contribution in [2.45, 2.75) is 17.9 Å². The number of thioether (sulfide) groups is 1. The van der Waals surface area contributed by atoms with Crippen LogP contribution in [0.25, 0.3) is 0 Å². The van der Waals surface area contributed by atoms with Crippen molar-refractivity contribution in [3.63, 3.8) is 0 Å². The van der Waals surface area contributed by atoms with Gasteiger partial charge in [0.25, 0.3) is 0 Å². The fourth-order valence-electron chi connectivity index (χ4n) is 1.79. The highest BCUT2D eigenvalue weighted by atomic mass is 32.2. The van der Waals surface area contributed by atoms with Crippen LogP contribution in [-0.4, -0.2) is 22.6 Å². The first-order valence-electron chi connectivity index (χ1n) is 6.10. The summed E-state index contributed by atoms with van der Waals surface area (Å²) >= 11 is 1.77. The van der Waals surface area contributed by atoms with Crippen molar-refractivity contribution in [1.29, 1.82) is 0 Å². The molecular weight excluding hydrogens is 242 g/mol. The highest BCUT2D eigenvalue weighted by Gasteiger charge is 1.97. The summed E-state index contributed by atoms with van der Waals surface area (Å²) in [4.78, 5) is 1.31. The van der Waals surface area contributed by atoms with Crippen molar-refractivity contribution in [2.75, 3.05) is 12.8 Å². The summed E-state index contributed by atoms with van der Waals surface area (Å²) in [6.07, 6.45) is 5.06. The van der Waals surface area contributed by atoms with Crippen molar-refractivity contribution in [3.8, 4) is 0 Å². The zero-order valence-corrected chi connectivity index (χ0v) is 11.7. The number of hydrogen-bond donors (Lipinski definition) is 1. The number of nitrogens with one attached hydrogen (secondary N) is 1. The first-order chi connectivity index (χ1) is 8.78. The lowest BCUT2D eigenvalue weighted by atomic mass is 10.2. The number of aryl methyl sites for hydroxylation is 1. The molecule has 0 saturated heterocycles. The number of aromatic nitrogens is 2. The minimum atomic E-state index is 0.918. The molecule has 0 aliphatic heterocycles. The largest absolute Gasteiger partial charge is 0.312 e. The molecule has 18 heavy (non-hydrogen) atoms. The maximum Gasteiger partial charge on any atom is 0.0637 e. The van der Waals surface area contributed by atoms with Gasteiger partial charge in [-0.2, -0.15) is 5.10 Å². The Hall–Kier alpha value is -1.26. The van der Waals surface area contributed by atoms with Gasteiger partial charge in [-0.05, 0) is 30.0 Å². The van der Waals surface area contributed by atoms with Crippen LogP contribution >= 0.6 is 11.8 Å². The molecule has 2 aromatic rings. The molecule has 1 aromatic heterocycles. The third kappa shape index (κ3) is 3.89. The summed E-state index contributed by atoms with van der Waals surface area (Å²) in [5.41, 5.74) is 2.47. The van der Waals surface area contributed by atoms with E-state index >= 15 is 0 Å². The smallest absolute Gasteiger partial charge is 0.0637 e. The molecule has 0 atom stereocenters. The van der Waals surface area contributed by atoms with Crippen LogP contribution in [-0.2, 0) is 20.0 Å². The highest BCUT2D eigenvalue weighted by molar-refractivity contribution is 7.98. The predicted octanol–water partition coefficient (Wildman–Crippen LogP) is 2.47. The second-order valence-corrected chi connectivity index (χ2v) is 5.14. The van der Waals surface area contributed by atoms with E-state index in [4.69, 9.17) is 0 Å². The Morgan fingerprint density at radius 2 is 2.00 bits per heavy atom. The van der Waals surface area contributed by atoms with Crippen molar-refractivity contribution in [2.24, 2.45) is 7.05 Å². The molecule has 1 heterocycles. The molecule has 0 spiro atoms. The van der Waals surface area contributed by atoms with Crippen LogP contribution in [0.1, 0.15) is 11.3 Å². The Morgan fingerprint density at radius 1 is 1.22 bits per heavy atom. The first-order valence-corrected chi connectivity index (χ1v) is 7.32. The van der Waals surface area contributed by atoms with Gasteiger partial charge in [-0.1, -0.05) is 12.1 Å². The lowest BCUT2D eigenvalue weighted by molar-refractivity contribution is 0.665. The Bertz CT molecular complexity index is 476. The van der Waals surface area contributed by atoms with Crippen LogP contribution in [0.3, 0.4) is 0 Å². The molecule has 1 aromatic carbocycles. The molecule has 3 nitrogen and oxygen atoms in total. The predicted molar refractivity (Wildman–Crippen MR) is 76.8 cm³/mol. The third-order valence-electron chi connectivity index (χ3n) is 2.81. The van der Waals surface area contributed by atoms with Gasteiger partial charge < -0.3 is 5.32 Å². The van der Waals surface area contributed by atoms with Gasteiger partial charge in [-0.25, -0.2) is 0 Å². The molecule has 0 aliphatic carbocycles. The van der Waals surface area contributed by atoms with Crippen LogP contribution in [0.15, 0.2) is 41.4 Å². The SMILES string of the molecule is CSc1ccc(CNCCc2ccn(C)n2)cc1. The first kappa shape index (κ1) is 13.2. The van der Waals surface area contributed by atoms with Crippen LogP contribution < -0.4 is 5.32 Å². The maximum atomic E-state index is 4.35. The second kappa shape index (κ2) is 6.61. The van der Waals surface area contributed by atoms with Gasteiger partial charge >= 0.3 is 0 Å². The van der Waals surface area contributed by atoms with E-state index in [1.165, 1.54) is 10.5 Å². The molecule has 0 aliphatic rings. The van der Waals surface area contributed by atoms with E-state index in [1.807, 2.05) is 17.9 Å². The van der Waals surface area contributed by atoms with Gasteiger partial charge in [-0.3, -0.25) is 4.68 Å². The van der Waals surface area contributed by atoms with E-state index in [2.05, 4.69) is 47.0 Å². The number of benzene rings is 1. The number of hydrogen-bond acceptors (Lipinski definition) is 3. The van der Waals surface area contributed by atoms with Crippen molar-refractivity contribution < 1.29 is 0 Å². The molecular formula is C14H19N3S. The van der Waals surface area contributed by atoms with E-state index < -0.39 is 0 Å². The number of rotatable bonds is 6. The molecule has 0 bridgehead atoms. The van der Waals surface area contributed by atoms with Crippen LogP contribution in [0.5, 0.6) is 0 Å². The molecule has 0 radical (unpaired) electrons. The molecule has 96 valence electrons. The standard InChI is InChI=1S/C14H19N3S/c1-17-10-8-13(16-17)7-9-15-11-12-3-5-14(18-2)6-4-12/h3-6,8,10,15H,7,9,11H2,1-2H3. The zero-order valence-electron chi connectivity index (χ0n) is 10.9. The summed E-state index contributed by atoms with van der Waals surface area (Å²) in [6.45, 7) is 1.88. The molecule has 0 saturated carbocycles. The summed E-state index contributed by atoms with van der Waals surface area (Å²) in [5.74, 6) is 0. The van der Waals surface area contributed by atoms with Crippen molar-refractivity contribution in [1.82, 2.24) is 15.1 Å². The molecule has 4 heteroatoms. The monoisotopic (exact) mass is 261 g/mol. The molecule has 1 N–H and O–H groups in total. The summed E-state index contributed by atoms with van der Waals surface area (Å²) in [6, 6.07) is 10.8. The average molecular weight is 261 g/mol. The summed E-state index contributed by atoms with van der Waals surface area (Å²) in [7, 11) is 1.95. The Labute approximate surface area is 113 Å². The van der Waals surface area contributed by atoms with Crippen molar-refractivity contribution >= 4 is 11.8 Å². The minimum Gasteiger partial charge on any atom is -0.312 e. The van der Waals surface area contributed by atoms with Gasteiger partial charge in [0.2, 0.25) is 0 Å². The summed E-state index contributed by atoms with van der Waals surface area (Å²) < 4.78 is 1.84. The third-order valence-corrected chi connectivity index (χ3v) is 3.56. The lowest BCUT2D eigenvalue weighted by Gasteiger charge is -2.04. The fraction of sp³-hybridized carbons (Fsp3) is 0.357. The minimum absolute atomic E-state index is 0.918. The fourth-order valence-corrected chi connectivity index (χ4v) is 2.20. The van der Waals surface area contributed by atoms with Crippen LogP contribution in [0.4, 0.5) is 0 Å². The second-order valence-electron chi connectivity index (χ2n) is 4.26. The maximum absolute atomic E-state index is 4.35. The van der Waals surface area contributed by atoms with Gasteiger partial charge in [0.05, 0.1) is 5.69 Å². The Kier molecular flexibility index (Phi) is 4.84. The van der Waals surface area contributed by atoms with Crippen LogP contribution in [0, 0.1) is 0 Å². The topological polar surface area (TPSA) is 29.9 Å². The average Bonchev–Trinajstić information content (AvgIpc) is 2.81. The highest BCUT2D eigenvalue weighted by Crippen LogP contribution is 2.14. The van der Waals surface area contributed by atoms with Gasteiger partial charge in [0.1, 0.15) is 0 Å². The Balaban J connectivity index is 1.71. The van der Waals surface area contributed by atoms with E-state index in [1.54, 1.807) is 11.8 Å². The van der Waals surface area contributed by atoms with E-state index in [9.17, 15) is 0 Å². The molecule has 0 fully saturated rings. The molecule has 0 unspecified atom stereocenters. The quantitative estimate of drug-likeness (QED) is 0.640. The van der Waals surface area contributed by atoms with Gasteiger partial charge in [0.15, 0.2) is 0 Å². The van der Waals surface area contributed by atoms with E-state index in [0.29, 0.717) is 0 Å². The Morgan fingerprint density at radius 3 is 2.61 bits per heavy atom. The van der Waals surface area contributed by atoms with E-state index in [0.717, 1.165) is 25.2 Å².